The Labute approximate surface area is 130 Å². The van der Waals surface area contributed by atoms with Crippen molar-refractivity contribution in [2.75, 3.05) is 37.6 Å². The number of nitrogens with one attached hydrogen (secondary N) is 1. The van der Waals surface area contributed by atoms with E-state index >= 15 is 0 Å². The molecule has 0 bridgehead atoms. The molecule has 0 saturated carbocycles. The van der Waals surface area contributed by atoms with E-state index in [1.165, 1.54) is 0 Å². The van der Waals surface area contributed by atoms with E-state index in [0.29, 0.717) is 44.2 Å². The molecule has 1 aromatic rings. The predicted octanol–water partition coefficient (Wildman–Crippen LogP) is 0.675. The largest absolute Gasteiger partial charge is 0.352 e. The molecule has 1 aromatic heterocycles. The Morgan fingerprint density at radius 1 is 1.18 bits per heavy atom. The fourth-order valence-corrected chi connectivity index (χ4v) is 2.30. The summed E-state index contributed by atoms with van der Waals surface area (Å²) in [6, 6.07) is 0. The predicted molar refractivity (Wildman–Crippen MR) is 83.7 cm³/mol. The van der Waals surface area contributed by atoms with Gasteiger partial charge >= 0.3 is 0 Å². The summed E-state index contributed by atoms with van der Waals surface area (Å²) in [6.45, 7) is 7.11. The molecule has 1 N–H and O–H groups in total. The summed E-state index contributed by atoms with van der Waals surface area (Å²) in [5, 5.41) is 2.84. The number of carbonyl (C=O) groups excluding carboxylic acids is 2. The lowest BCUT2D eigenvalue weighted by Crippen LogP contribution is -2.48. The number of hydrogen-bond donors (Lipinski definition) is 1. The monoisotopic (exact) mass is 305 g/mol. The highest BCUT2D eigenvalue weighted by Crippen LogP contribution is 2.11. The van der Waals surface area contributed by atoms with E-state index in [1.807, 2.05) is 9.80 Å². The van der Waals surface area contributed by atoms with Gasteiger partial charge in [-0.2, -0.15) is 0 Å². The number of hydrogen-bond acceptors (Lipinski definition) is 5. The van der Waals surface area contributed by atoms with Crippen molar-refractivity contribution < 1.29 is 9.59 Å². The average molecular weight is 305 g/mol. The van der Waals surface area contributed by atoms with Crippen molar-refractivity contribution in [1.29, 1.82) is 0 Å². The standard InChI is InChI=1S/C15H23N5O2/c1-3-4-5-16-14(22)13-10-17-15(18-11-13)20-8-6-19(7-9-20)12(2)21/h10-11H,3-9H2,1-2H3,(H,16,22). The average Bonchev–Trinajstić information content (AvgIpc) is 2.55. The van der Waals surface area contributed by atoms with Gasteiger partial charge in [-0.3, -0.25) is 9.59 Å². The minimum Gasteiger partial charge on any atom is -0.352 e. The van der Waals surface area contributed by atoms with Crippen LogP contribution in [0.5, 0.6) is 0 Å². The first-order valence-corrected chi connectivity index (χ1v) is 7.72. The van der Waals surface area contributed by atoms with Gasteiger partial charge in [-0.05, 0) is 6.42 Å². The van der Waals surface area contributed by atoms with Crippen molar-refractivity contribution in [2.24, 2.45) is 0 Å². The second-order valence-corrected chi connectivity index (χ2v) is 5.37. The number of piperazine rings is 1. The molecule has 22 heavy (non-hydrogen) atoms. The van der Waals surface area contributed by atoms with Crippen molar-refractivity contribution in [2.45, 2.75) is 26.7 Å². The fourth-order valence-electron chi connectivity index (χ4n) is 2.30. The molecule has 1 aliphatic rings. The van der Waals surface area contributed by atoms with E-state index < -0.39 is 0 Å². The number of rotatable bonds is 5. The SMILES string of the molecule is CCCCNC(=O)c1cnc(N2CCN(C(C)=O)CC2)nc1. The molecule has 0 unspecified atom stereocenters. The van der Waals surface area contributed by atoms with Crippen LogP contribution in [0.15, 0.2) is 12.4 Å². The zero-order valence-electron chi connectivity index (χ0n) is 13.2. The minimum atomic E-state index is -0.138. The fraction of sp³-hybridized carbons (Fsp3) is 0.600. The maximum Gasteiger partial charge on any atom is 0.254 e. The van der Waals surface area contributed by atoms with Crippen molar-refractivity contribution >= 4 is 17.8 Å². The first kappa shape index (κ1) is 16.2. The Kier molecular flexibility index (Phi) is 5.68. The molecule has 7 heteroatoms. The van der Waals surface area contributed by atoms with Gasteiger partial charge in [0, 0.05) is 52.0 Å². The first-order chi connectivity index (χ1) is 10.6. The normalized spacial score (nSPS) is 14.8. The lowest BCUT2D eigenvalue weighted by Gasteiger charge is -2.34. The van der Waals surface area contributed by atoms with E-state index in [0.717, 1.165) is 12.8 Å². The number of anilines is 1. The number of carbonyl (C=O) groups is 2. The first-order valence-electron chi connectivity index (χ1n) is 7.72. The van der Waals surface area contributed by atoms with Crippen LogP contribution in [0.4, 0.5) is 5.95 Å². The van der Waals surface area contributed by atoms with Gasteiger partial charge in [0.15, 0.2) is 0 Å². The molecule has 1 fully saturated rings. The molecule has 7 nitrogen and oxygen atoms in total. The van der Waals surface area contributed by atoms with Crippen LogP contribution in [0.3, 0.4) is 0 Å². The van der Waals surface area contributed by atoms with Crippen molar-refractivity contribution in [3.63, 3.8) is 0 Å². The molecule has 1 aliphatic heterocycles. The third kappa shape index (κ3) is 4.16. The van der Waals surface area contributed by atoms with Gasteiger partial charge in [0.1, 0.15) is 0 Å². The molecule has 0 radical (unpaired) electrons. The second-order valence-electron chi connectivity index (χ2n) is 5.37. The second kappa shape index (κ2) is 7.72. The van der Waals surface area contributed by atoms with Crippen LogP contribution in [0, 0.1) is 0 Å². The van der Waals surface area contributed by atoms with E-state index in [9.17, 15) is 9.59 Å². The third-order valence-corrected chi connectivity index (χ3v) is 3.72. The maximum absolute atomic E-state index is 11.9. The zero-order chi connectivity index (χ0) is 15.9. The van der Waals surface area contributed by atoms with Gasteiger partial charge in [-0.1, -0.05) is 13.3 Å². The highest BCUT2D eigenvalue weighted by molar-refractivity contribution is 5.93. The van der Waals surface area contributed by atoms with Gasteiger partial charge in [0.25, 0.3) is 5.91 Å². The van der Waals surface area contributed by atoms with Crippen LogP contribution < -0.4 is 10.2 Å². The number of amides is 2. The molecule has 120 valence electrons. The zero-order valence-corrected chi connectivity index (χ0v) is 13.2. The Morgan fingerprint density at radius 2 is 1.82 bits per heavy atom. The minimum absolute atomic E-state index is 0.0969. The molecule has 0 atom stereocenters. The van der Waals surface area contributed by atoms with E-state index in [2.05, 4.69) is 22.2 Å². The summed E-state index contributed by atoms with van der Waals surface area (Å²) >= 11 is 0. The smallest absolute Gasteiger partial charge is 0.254 e. The summed E-state index contributed by atoms with van der Waals surface area (Å²) in [4.78, 5) is 35.6. The number of aromatic nitrogens is 2. The van der Waals surface area contributed by atoms with Crippen LogP contribution in [0.2, 0.25) is 0 Å². The molecule has 2 amide bonds. The Hall–Kier alpha value is -2.18. The van der Waals surface area contributed by atoms with Crippen molar-refractivity contribution in [3.8, 4) is 0 Å². The lowest BCUT2D eigenvalue weighted by atomic mass is 10.3. The quantitative estimate of drug-likeness (QED) is 0.809. The molecular formula is C15H23N5O2. The van der Waals surface area contributed by atoms with Crippen LogP contribution in [0.1, 0.15) is 37.0 Å². The number of unbranched alkanes of at least 4 members (excludes halogenated alkanes) is 1. The van der Waals surface area contributed by atoms with Crippen LogP contribution in [0.25, 0.3) is 0 Å². The Balaban J connectivity index is 1.89. The van der Waals surface area contributed by atoms with Gasteiger partial charge in [-0.25, -0.2) is 9.97 Å². The Bertz CT molecular complexity index is 509. The summed E-state index contributed by atoms with van der Waals surface area (Å²) in [7, 11) is 0. The molecule has 0 spiro atoms. The van der Waals surface area contributed by atoms with Crippen molar-refractivity contribution in [3.05, 3.63) is 18.0 Å². The molecular weight excluding hydrogens is 282 g/mol. The summed E-state index contributed by atoms with van der Waals surface area (Å²) in [5.74, 6) is 0.564. The van der Waals surface area contributed by atoms with Crippen molar-refractivity contribution in [1.82, 2.24) is 20.2 Å². The van der Waals surface area contributed by atoms with E-state index in [-0.39, 0.29) is 11.8 Å². The highest BCUT2D eigenvalue weighted by Gasteiger charge is 2.20. The molecule has 0 aromatic carbocycles. The van der Waals surface area contributed by atoms with E-state index in [1.54, 1.807) is 19.3 Å². The number of nitrogens with zero attached hydrogens (tertiary/aromatic N) is 4. The Morgan fingerprint density at radius 3 is 2.36 bits per heavy atom. The highest BCUT2D eigenvalue weighted by atomic mass is 16.2. The topological polar surface area (TPSA) is 78.4 Å². The van der Waals surface area contributed by atoms with Gasteiger partial charge in [-0.15, -0.1) is 0 Å². The lowest BCUT2D eigenvalue weighted by molar-refractivity contribution is -0.129. The van der Waals surface area contributed by atoms with Crippen LogP contribution in [-0.4, -0.2) is 59.4 Å². The summed E-state index contributed by atoms with van der Waals surface area (Å²) in [5.41, 5.74) is 0.474. The summed E-state index contributed by atoms with van der Waals surface area (Å²) < 4.78 is 0. The van der Waals surface area contributed by atoms with Gasteiger partial charge in [0.05, 0.1) is 5.56 Å². The third-order valence-electron chi connectivity index (χ3n) is 3.72. The molecule has 2 rings (SSSR count). The van der Waals surface area contributed by atoms with Gasteiger partial charge < -0.3 is 15.1 Å². The molecule has 2 heterocycles. The van der Waals surface area contributed by atoms with Gasteiger partial charge in [0.2, 0.25) is 11.9 Å². The molecule has 0 aliphatic carbocycles. The van der Waals surface area contributed by atoms with E-state index in [4.69, 9.17) is 0 Å². The summed E-state index contributed by atoms with van der Waals surface area (Å²) in [6.07, 6.45) is 5.12. The van der Waals surface area contributed by atoms with Crippen LogP contribution in [-0.2, 0) is 4.79 Å². The molecule has 1 saturated heterocycles. The maximum atomic E-state index is 11.9. The van der Waals surface area contributed by atoms with Crippen LogP contribution >= 0.6 is 0 Å².